The Bertz CT molecular complexity index is 333. The molecule has 0 bridgehead atoms. The summed E-state index contributed by atoms with van der Waals surface area (Å²) >= 11 is 8.93. The minimum Gasteiger partial charge on any atom is -0.166 e. The zero-order chi connectivity index (χ0) is 10.9. The molecule has 1 aromatic carbocycles. The smallest absolute Gasteiger partial charge is 0.166 e. The highest BCUT2D eigenvalue weighted by Crippen LogP contribution is 2.35. The highest BCUT2D eigenvalue weighted by atomic mass is 79.9. The second-order valence-corrected chi connectivity index (χ2v) is 4.63. The first-order chi connectivity index (χ1) is 6.32. The summed E-state index contributed by atoms with van der Waals surface area (Å²) in [6.45, 7) is 1.72. The van der Waals surface area contributed by atoms with E-state index in [1.807, 2.05) is 0 Å². The van der Waals surface area contributed by atoms with E-state index in [1.165, 1.54) is 6.07 Å². The van der Waals surface area contributed by atoms with Gasteiger partial charge in [-0.2, -0.15) is 13.2 Å². The third kappa shape index (κ3) is 2.64. The average Bonchev–Trinajstić information content (AvgIpc) is 2.02. The number of benzene rings is 1. The lowest BCUT2D eigenvalue weighted by Crippen LogP contribution is -2.05. The molecule has 0 amide bonds. The van der Waals surface area contributed by atoms with E-state index in [-0.39, 0.29) is 4.83 Å². The maximum absolute atomic E-state index is 12.3. The van der Waals surface area contributed by atoms with Crippen molar-refractivity contribution >= 4 is 27.5 Å². The van der Waals surface area contributed by atoms with Crippen LogP contribution in [0.4, 0.5) is 13.2 Å². The van der Waals surface area contributed by atoms with Gasteiger partial charge in [-0.1, -0.05) is 27.5 Å². The summed E-state index contributed by atoms with van der Waals surface area (Å²) in [4.78, 5) is -0.197. The molecule has 1 rings (SSSR count). The van der Waals surface area contributed by atoms with Gasteiger partial charge in [0, 0.05) is 9.85 Å². The molecule has 0 radical (unpaired) electrons. The third-order valence-corrected chi connectivity index (χ3v) is 2.59. The zero-order valence-electron chi connectivity index (χ0n) is 7.20. The Morgan fingerprint density at radius 3 is 2.36 bits per heavy atom. The number of alkyl halides is 4. The van der Waals surface area contributed by atoms with Crippen LogP contribution in [0, 0.1) is 0 Å². The standard InChI is InChI=1S/C9H7BrClF3/c1-5(10)7-4-6(9(12,13)14)2-3-8(7)11/h2-5H,1H3. The maximum atomic E-state index is 12.3. The minimum absolute atomic E-state index is 0.197. The molecule has 14 heavy (non-hydrogen) atoms. The Balaban J connectivity index is 3.20. The van der Waals surface area contributed by atoms with E-state index in [9.17, 15) is 13.2 Å². The van der Waals surface area contributed by atoms with E-state index in [4.69, 9.17) is 11.6 Å². The number of hydrogen-bond donors (Lipinski definition) is 0. The van der Waals surface area contributed by atoms with Crippen molar-refractivity contribution < 1.29 is 13.2 Å². The molecule has 0 heterocycles. The Hall–Kier alpha value is -0.220. The fourth-order valence-electron chi connectivity index (χ4n) is 1.02. The predicted octanol–water partition coefficient (Wildman–Crippen LogP) is 4.81. The molecule has 0 fully saturated rings. The van der Waals surface area contributed by atoms with Crippen molar-refractivity contribution in [2.45, 2.75) is 17.9 Å². The molecule has 0 aromatic heterocycles. The van der Waals surface area contributed by atoms with Gasteiger partial charge in [0.25, 0.3) is 0 Å². The van der Waals surface area contributed by atoms with E-state index in [1.54, 1.807) is 6.92 Å². The van der Waals surface area contributed by atoms with Gasteiger partial charge in [-0.25, -0.2) is 0 Å². The van der Waals surface area contributed by atoms with Crippen LogP contribution in [0.1, 0.15) is 22.9 Å². The topological polar surface area (TPSA) is 0 Å². The second-order valence-electron chi connectivity index (χ2n) is 2.85. The lowest BCUT2D eigenvalue weighted by atomic mass is 10.1. The molecule has 1 atom stereocenters. The predicted molar refractivity (Wildman–Crippen MR) is 53.8 cm³/mol. The van der Waals surface area contributed by atoms with Crippen molar-refractivity contribution in [1.29, 1.82) is 0 Å². The molecule has 0 saturated carbocycles. The van der Waals surface area contributed by atoms with E-state index in [0.29, 0.717) is 10.6 Å². The lowest BCUT2D eigenvalue weighted by molar-refractivity contribution is -0.137. The van der Waals surface area contributed by atoms with Crippen LogP contribution in [0.25, 0.3) is 0 Å². The van der Waals surface area contributed by atoms with Gasteiger partial charge in [-0.05, 0) is 30.7 Å². The van der Waals surface area contributed by atoms with Crippen LogP contribution in [0.2, 0.25) is 5.02 Å². The molecule has 1 unspecified atom stereocenters. The van der Waals surface area contributed by atoms with E-state index in [0.717, 1.165) is 12.1 Å². The van der Waals surface area contributed by atoms with Crippen LogP contribution >= 0.6 is 27.5 Å². The van der Waals surface area contributed by atoms with Crippen LogP contribution in [-0.2, 0) is 6.18 Å². The Labute approximate surface area is 93.2 Å². The van der Waals surface area contributed by atoms with Gasteiger partial charge >= 0.3 is 6.18 Å². The zero-order valence-corrected chi connectivity index (χ0v) is 9.54. The fourth-order valence-corrected chi connectivity index (χ4v) is 1.82. The van der Waals surface area contributed by atoms with Gasteiger partial charge in [-0.15, -0.1) is 0 Å². The average molecular weight is 288 g/mol. The van der Waals surface area contributed by atoms with E-state index in [2.05, 4.69) is 15.9 Å². The third-order valence-electron chi connectivity index (χ3n) is 1.75. The molecule has 78 valence electrons. The Morgan fingerprint density at radius 2 is 1.93 bits per heavy atom. The lowest BCUT2D eigenvalue weighted by Gasteiger charge is -2.11. The molecular weight excluding hydrogens is 280 g/mol. The molecule has 0 aliphatic carbocycles. The summed E-state index contributed by atoms with van der Waals surface area (Å²) < 4.78 is 36.9. The van der Waals surface area contributed by atoms with Crippen molar-refractivity contribution in [3.63, 3.8) is 0 Å². The van der Waals surface area contributed by atoms with Gasteiger partial charge in [0.1, 0.15) is 0 Å². The fraction of sp³-hybridized carbons (Fsp3) is 0.333. The van der Waals surface area contributed by atoms with Gasteiger partial charge in [0.05, 0.1) is 5.56 Å². The summed E-state index contributed by atoms with van der Waals surface area (Å²) in [7, 11) is 0. The Morgan fingerprint density at radius 1 is 1.36 bits per heavy atom. The van der Waals surface area contributed by atoms with E-state index >= 15 is 0 Å². The summed E-state index contributed by atoms with van der Waals surface area (Å²) in [5.41, 5.74) is -0.232. The van der Waals surface area contributed by atoms with Crippen molar-refractivity contribution in [1.82, 2.24) is 0 Å². The molecule has 0 N–H and O–H groups in total. The van der Waals surface area contributed by atoms with Crippen molar-refractivity contribution in [2.24, 2.45) is 0 Å². The van der Waals surface area contributed by atoms with Crippen molar-refractivity contribution in [2.75, 3.05) is 0 Å². The van der Waals surface area contributed by atoms with Crippen LogP contribution in [0.15, 0.2) is 18.2 Å². The molecule has 0 saturated heterocycles. The van der Waals surface area contributed by atoms with Crippen LogP contribution < -0.4 is 0 Å². The number of halogens is 5. The first kappa shape index (κ1) is 11.9. The first-order valence-electron chi connectivity index (χ1n) is 3.83. The number of hydrogen-bond acceptors (Lipinski definition) is 0. The largest absolute Gasteiger partial charge is 0.416 e. The molecule has 5 heteroatoms. The maximum Gasteiger partial charge on any atom is 0.416 e. The van der Waals surface area contributed by atoms with Crippen LogP contribution in [-0.4, -0.2) is 0 Å². The SMILES string of the molecule is CC(Br)c1cc(C(F)(F)F)ccc1Cl. The summed E-state index contributed by atoms with van der Waals surface area (Å²) in [5.74, 6) is 0. The van der Waals surface area contributed by atoms with Crippen LogP contribution in [0.3, 0.4) is 0 Å². The second kappa shape index (κ2) is 4.11. The molecular formula is C9H7BrClF3. The van der Waals surface area contributed by atoms with Gasteiger partial charge in [0.2, 0.25) is 0 Å². The first-order valence-corrected chi connectivity index (χ1v) is 5.12. The van der Waals surface area contributed by atoms with Crippen molar-refractivity contribution in [3.05, 3.63) is 34.3 Å². The van der Waals surface area contributed by atoms with Gasteiger partial charge in [0.15, 0.2) is 0 Å². The summed E-state index contributed by atoms with van der Waals surface area (Å²) in [5, 5.41) is 0.336. The highest BCUT2D eigenvalue weighted by Gasteiger charge is 2.31. The normalized spacial score (nSPS) is 14.1. The minimum atomic E-state index is -4.32. The van der Waals surface area contributed by atoms with Crippen LogP contribution in [0.5, 0.6) is 0 Å². The summed E-state index contributed by atoms with van der Waals surface area (Å²) in [6.07, 6.45) is -4.32. The molecule has 0 aliphatic heterocycles. The van der Waals surface area contributed by atoms with E-state index < -0.39 is 11.7 Å². The molecule has 1 aromatic rings. The van der Waals surface area contributed by atoms with Gasteiger partial charge < -0.3 is 0 Å². The summed E-state index contributed by atoms with van der Waals surface area (Å²) in [6, 6.07) is 3.29. The highest BCUT2D eigenvalue weighted by molar-refractivity contribution is 9.09. The van der Waals surface area contributed by atoms with Crippen molar-refractivity contribution in [3.8, 4) is 0 Å². The Kier molecular flexibility index (Phi) is 3.48. The molecule has 0 nitrogen and oxygen atoms in total. The molecule has 0 aliphatic rings. The number of rotatable bonds is 1. The quantitative estimate of drug-likeness (QED) is 0.650. The monoisotopic (exact) mass is 286 g/mol. The van der Waals surface area contributed by atoms with Gasteiger partial charge in [-0.3, -0.25) is 0 Å². The molecule has 0 spiro atoms.